The minimum atomic E-state index is -0.784. The highest BCUT2D eigenvalue weighted by Crippen LogP contribution is 2.41. The average Bonchev–Trinajstić information content (AvgIpc) is 3.14. The van der Waals surface area contributed by atoms with E-state index < -0.39 is 23.5 Å². The molecular weight excluding hydrogens is 446 g/mol. The predicted octanol–water partition coefficient (Wildman–Crippen LogP) is 4.89. The van der Waals surface area contributed by atoms with Crippen molar-refractivity contribution >= 4 is 17.8 Å². The lowest BCUT2D eigenvalue weighted by molar-refractivity contribution is -0.130. The lowest BCUT2D eigenvalue weighted by Gasteiger charge is -2.27. The summed E-state index contributed by atoms with van der Waals surface area (Å²) in [6.07, 6.45) is 6.15. The van der Waals surface area contributed by atoms with Crippen molar-refractivity contribution in [3.05, 3.63) is 77.1 Å². The van der Waals surface area contributed by atoms with Crippen molar-refractivity contribution in [3.8, 4) is 11.5 Å². The quantitative estimate of drug-likeness (QED) is 0.325. The molecule has 0 saturated carbocycles. The van der Waals surface area contributed by atoms with E-state index in [2.05, 4.69) is 6.92 Å². The topological polar surface area (TPSA) is 85.3 Å². The molecule has 1 heterocycles. The smallest absolute Gasteiger partial charge is 0.290 e. The van der Waals surface area contributed by atoms with Gasteiger partial charge in [-0.3, -0.25) is 9.59 Å². The Morgan fingerprint density at radius 3 is 2.51 bits per heavy atom. The Bertz CT molecular complexity index is 1080. The molecule has 1 atom stereocenters. The van der Waals surface area contributed by atoms with Gasteiger partial charge in [-0.15, -0.1) is 0 Å². The van der Waals surface area contributed by atoms with E-state index in [9.17, 15) is 14.7 Å². The standard InChI is InChI=1S/C28H33NO6/c1-4-5-9-17-35-23-15-13-21(19-24(23)34-3)26-25(27(31)28(32)29(26)16-18-33-2)22(30)14-12-20-10-7-6-8-11-20/h6-8,10-15,19,26,31H,4-5,9,16-18H2,1-3H3/b14-12+. The van der Waals surface area contributed by atoms with Gasteiger partial charge >= 0.3 is 0 Å². The number of amides is 1. The minimum absolute atomic E-state index is 0.0250. The molecule has 3 rings (SSSR count). The maximum absolute atomic E-state index is 13.2. The number of rotatable bonds is 13. The highest BCUT2D eigenvalue weighted by atomic mass is 16.5. The third kappa shape index (κ3) is 6.31. The van der Waals surface area contributed by atoms with Crippen LogP contribution in [0.2, 0.25) is 0 Å². The van der Waals surface area contributed by atoms with Gasteiger partial charge in [0.1, 0.15) is 0 Å². The number of ketones is 1. The van der Waals surface area contributed by atoms with E-state index in [0.29, 0.717) is 23.7 Å². The number of carbonyl (C=O) groups excluding carboxylic acids is 2. The number of methoxy groups -OCH3 is 2. The van der Waals surface area contributed by atoms with Gasteiger partial charge in [-0.25, -0.2) is 0 Å². The van der Waals surface area contributed by atoms with Gasteiger partial charge in [-0.05, 0) is 35.8 Å². The minimum Gasteiger partial charge on any atom is -0.503 e. The number of hydrogen-bond acceptors (Lipinski definition) is 6. The zero-order chi connectivity index (χ0) is 25.2. The third-order valence-corrected chi connectivity index (χ3v) is 5.84. The van der Waals surface area contributed by atoms with E-state index in [4.69, 9.17) is 14.2 Å². The van der Waals surface area contributed by atoms with Gasteiger partial charge < -0.3 is 24.2 Å². The lowest BCUT2D eigenvalue weighted by Crippen LogP contribution is -2.33. The maximum atomic E-state index is 13.2. The fraction of sp³-hybridized carbons (Fsp3) is 0.357. The molecule has 7 heteroatoms. The molecule has 1 N–H and O–H groups in total. The van der Waals surface area contributed by atoms with Crippen molar-refractivity contribution in [2.45, 2.75) is 32.2 Å². The molecule has 186 valence electrons. The van der Waals surface area contributed by atoms with Gasteiger partial charge in [0.15, 0.2) is 23.0 Å². The van der Waals surface area contributed by atoms with E-state index >= 15 is 0 Å². The first kappa shape index (κ1) is 26.0. The summed E-state index contributed by atoms with van der Waals surface area (Å²) in [5.41, 5.74) is 1.49. The number of nitrogens with zero attached hydrogens (tertiary/aromatic N) is 1. The molecule has 0 saturated heterocycles. The van der Waals surface area contributed by atoms with Crippen LogP contribution in [0.15, 0.2) is 65.9 Å². The number of allylic oxidation sites excluding steroid dienone is 1. The number of carbonyl (C=O) groups is 2. The molecule has 0 fully saturated rings. The Labute approximate surface area is 206 Å². The fourth-order valence-corrected chi connectivity index (χ4v) is 4.01. The van der Waals surface area contributed by atoms with Gasteiger partial charge in [0.05, 0.1) is 31.9 Å². The Balaban J connectivity index is 1.95. The van der Waals surface area contributed by atoms with E-state index in [1.165, 1.54) is 18.1 Å². The summed E-state index contributed by atoms with van der Waals surface area (Å²) >= 11 is 0. The molecule has 7 nitrogen and oxygen atoms in total. The molecule has 0 aliphatic carbocycles. The number of aliphatic hydroxyl groups excluding tert-OH is 1. The molecule has 2 aromatic carbocycles. The van der Waals surface area contributed by atoms with Crippen molar-refractivity contribution in [3.63, 3.8) is 0 Å². The van der Waals surface area contributed by atoms with Gasteiger partial charge in [0.25, 0.3) is 5.91 Å². The first-order valence-electron chi connectivity index (χ1n) is 11.8. The number of aliphatic hydroxyl groups is 1. The Kier molecular flexibility index (Phi) is 9.49. The lowest BCUT2D eigenvalue weighted by atomic mass is 9.95. The monoisotopic (exact) mass is 479 g/mol. The molecular formula is C28H33NO6. The van der Waals surface area contributed by atoms with Gasteiger partial charge in [0.2, 0.25) is 0 Å². The molecule has 1 aliphatic rings. The van der Waals surface area contributed by atoms with Crippen molar-refractivity contribution in [1.29, 1.82) is 0 Å². The summed E-state index contributed by atoms with van der Waals surface area (Å²) < 4.78 is 16.6. The van der Waals surface area contributed by atoms with Crippen LogP contribution in [0.4, 0.5) is 0 Å². The summed E-state index contributed by atoms with van der Waals surface area (Å²) in [5.74, 6) is -0.514. The summed E-state index contributed by atoms with van der Waals surface area (Å²) in [4.78, 5) is 27.6. The van der Waals surface area contributed by atoms with Crippen molar-refractivity contribution in [1.82, 2.24) is 4.90 Å². The van der Waals surface area contributed by atoms with Crippen LogP contribution in [0.1, 0.15) is 43.4 Å². The highest BCUT2D eigenvalue weighted by Gasteiger charge is 2.43. The normalized spacial score (nSPS) is 15.8. The summed E-state index contributed by atoms with van der Waals surface area (Å²) in [5, 5.41) is 10.7. The average molecular weight is 480 g/mol. The van der Waals surface area contributed by atoms with Gasteiger partial charge in [-0.2, -0.15) is 0 Å². The van der Waals surface area contributed by atoms with E-state index in [0.717, 1.165) is 24.8 Å². The largest absolute Gasteiger partial charge is 0.503 e. The second kappa shape index (κ2) is 12.8. The predicted molar refractivity (Wildman–Crippen MR) is 134 cm³/mol. The molecule has 2 aromatic rings. The number of hydrogen-bond donors (Lipinski definition) is 1. The molecule has 1 aliphatic heterocycles. The van der Waals surface area contributed by atoms with Crippen molar-refractivity contribution < 1.29 is 28.9 Å². The SMILES string of the molecule is CCCCCOc1ccc(C2C(C(=O)/C=C/c3ccccc3)=C(O)C(=O)N2CCOC)cc1OC. The van der Waals surface area contributed by atoms with Crippen molar-refractivity contribution in [2.75, 3.05) is 34.0 Å². The van der Waals surface area contributed by atoms with Crippen LogP contribution in [0, 0.1) is 0 Å². The molecule has 1 unspecified atom stereocenters. The molecule has 0 spiro atoms. The fourth-order valence-electron chi connectivity index (χ4n) is 4.01. The summed E-state index contributed by atoms with van der Waals surface area (Å²) in [6.45, 7) is 3.16. The zero-order valence-corrected chi connectivity index (χ0v) is 20.5. The second-order valence-corrected chi connectivity index (χ2v) is 8.23. The Morgan fingerprint density at radius 1 is 1.06 bits per heavy atom. The molecule has 0 bridgehead atoms. The van der Waals surface area contributed by atoms with Crippen LogP contribution in [0.3, 0.4) is 0 Å². The molecule has 35 heavy (non-hydrogen) atoms. The Hall–Kier alpha value is -3.58. The van der Waals surface area contributed by atoms with E-state index in [1.54, 1.807) is 31.4 Å². The Morgan fingerprint density at radius 2 is 1.83 bits per heavy atom. The zero-order valence-electron chi connectivity index (χ0n) is 20.5. The van der Waals surface area contributed by atoms with Gasteiger partial charge in [0, 0.05) is 13.7 Å². The summed E-state index contributed by atoms with van der Waals surface area (Å²) in [7, 11) is 3.08. The van der Waals surface area contributed by atoms with E-state index in [1.807, 2.05) is 30.3 Å². The first-order valence-corrected chi connectivity index (χ1v) is 11.8. The second-order valence-electron chi connectivity index (χ2n) is 8.23. The molecule has 0 aromatic heterocycles. The van der Waals surface area contributed by atoms with Crippen LogP contribution in [0.25, 0.3) is 6.08 Å². The highest BCUT2D eigenvalue weighted by molar-refractivity contribution is 6.14. The van der Waals surface area contributed by atoms with Crippen LogP contribution in [-0.2, 0) is 14.3 Å². The van der Waals surface area contributed by atoms with Crippen LogP contribution >= 0.6 is 0 Å². The molecule has 0 radical (unpaired) electrons. The van der Waals surface area contributed by atoms with Crippen LogP contribution in [-0.4, -0.2) is 55.7 Å². The van der Waals surface area contributed by atoms with Gasteiger partial charge in [-0.1, -0.05) is 62.2 Å². The van der Waals surface area contributed by atoms with Crippen LogP contribution < -0.4 is 9.47 Å². The molecule has 1 amide bonds. The summed E-state index contributed by atoms with van der Waals surface area (Å²) in [6, 6.07) is 13.9. The number of ether oxygens (including phenoxy) is 3. The van der Waals surface area contributed by atoms with Crippen molar-refractivity contribution in [2.24, 2.45) is 0 Å². The maximum Gasteiger partial charge on any atom is 0.290 e. The van der Waals surface area contributed by atoms with E-state index in [-0.39, 0.29) is 18.7 Å². The first-order chi connectivity index (χ1) is 17.0. The number of unbranched alkanes of at least 4 members (excludes halogenated alkanes) is 2. The number of benzene rings is 2. The van der Waals surface area contributed by atoms with Crippen LogP contribution in [0.5, 0.6) is 11.5 Å². The third-order valence-electron chi connectivity index (χ3n) is 5.84.